The van der Waals surface area contributed by atoms with Crippen LogP contribution in [0.2, 0.25) is 0 Å². The van der Waals surface area contributed by atoms with Crippen LogP contribution >= 0.6 is 0 Å². The highest BCUT2D eigenvalue weighted by Crippen LogP contribution is 2.36. The van der Waals surface area contributed by atoms with Crippen molar-refractivity contribution >= 4 is 5.97 Å². The van der Waals surface area contributed by atoms with Gasteiger partial charge in [-0.05, 0) is 13.0 Å². The van der Waals surface area contributed by atoms with Gasteiger partial charge in [0.05, 0.1) is 12.1 Å². The van der Waals surface area contributed by atoms with E-state index in [4.69, 9.17) is 5.11 Å². The van der Waals surface area contributed by atoms with Gasteiger partial charge >= 0.3 is 12.1 Å². The van der Waals surface area contributed by atoms with Gasteiger partial charge in [0.1, 0.15) is 5.92 Å². The predicted octanol–water partition coefficient (Wildman–Crippen LogP) is 1.84. The number of aromatic amines is 1. The standard InChI is InChI=1S/C8H9F3N2O2/c1-4-2-6(13-12-4)5(3-7(14)15)8(9,10)11/h2,5H,3H2,1H3,(H,12,13)(H,14,15). The number of rotatable bonds is 3. The van der Waals surface area contributed by atoms with Crippen LogP contribution in [0.5, 0.6) is 0 Å². The number of hydrogen-bond donors (Lipinski definition) is 2. The molecule has 0 saturated heterocycles. The van der Waals surface area contributed by atoms with E-state index < -0.39 is 24.5 Å². The smallest absolute Gasteiger partial charge is 0.397 e. The van der Waals surface area contributed by atoms with Crippen LogP contribution < -0.4 is 0 Å². The SMILES string of the molecule is Cc1cc(C(CC(=O)O)C(F)(F)F)n[nH]1. The van der Waals surface area contributed by atoms with E-state index in [9.17, 15) is 18.0 Å². The first-order valence-corrected chi connectivity index (χ1v) is 4.11. The van der Waals surface area contributed by atoms with Crippen molar-refractivity contribution in [3.63, 3.8) is 0 Å². The van der Waals surface area contributed by atoms with Crippen molar-refractivity contribution in [2.75, 3.05) is 0 Å². The lowest BCUT2D eigenvalue weighted by Crippen LogP contribution is -2.24. The molecule has 15 heavy (non-hydrogen) atoms. The lowest BCUT2D eigenvalue weighted by Gasteiger charge is -2.15. The summed E-state index contributed by atoms with van der Waals surface area (Å²) in [6, 6.07) is 1.20. The molecule has 0 fully saturated rings. The Hall–Kier alpha value is -1.53. The molecule has 1 heterocycles. The first-order valence-electron chi connectivity index (χ1n) is 4.11. The van der Waals surface area contributed by atoms with Crippen molar-refractivity contribution in [3.8, 4) is 0 Å². The van der Waals surface area contributed by atoms with Crippen LogP contribution in [-0.2, 0) is 4.79 Å². The number of halogens is 3. The number of nitrogens with zero attached hydrogens (tertiary/aromatic N) is 1. The Morgan fingerprint density at radius 1 is 1.67 bits per heavy atom. The monoisotopic (exact) mass is 222 g/mol. The number of aryl methyl sites for hydroxylation is 1. The van der Waals surface area contributed by atoms with E-state index in [0.29, 0.717) is 5.69 Å². The molecule has 1 atom stereocenters. The third-order valence-electron chi connectivity index (χ3n) is 1.86. The summed E-state index contributed by atoms with van der Waals surface area (Å²) < 4.78 is 37.4. The van der Waals surface area contributed by atoms with Gasteiger partial charge in [0.15, 0.2) is 0 Å². The molecule has 0 aliphatic heterocycles. The number of nitrogens with one attached hydrogen (secondary N) is 1. The van der Waals surface area contributed by atoms with E-state index in [2.05, 4.69) is 10.2 Å². The minimum atomic E-state index is -4.60. The first kappa shape index (κ1) is 11.5. The van der Waals surface area contributed by atoms with Crippen molar-refractivity contribution in [2.24, 2.45) is 0 Å². The Labute approximate surface area is 83.1 Å². The Morgan fingerprint density at radius 3 is 2.60 bits per heavy atom. The van der Waals surface area contributed by atoms with Crippen LogP contribution in [0.3, 0.4) is 0 Å². The van der Waals surface area contributed by atoms with Crippen LogP contribution in [0, 0.1) is 6.92 Å². The lowest BCUT2D eigenvalue weighted by atomic mass is 10.0. The van der Waals surface area contributed by atoms with E-state index in [1.54, 1.807) is 6.92 Å². The summed E-state index contributed by atoms with van der Waals surface area (Å²) in [4.78, 5) is 10.3. The minimum Gasteiger partial charge on any atom is -0.481 e. The molecule has 1 rings (SSSR count). The first-order chi connectivity index (χ1) is 6.80. The summed E-state index contributed by atoms with van der Waals surface area (Å²) in [6.07, 6.45) is -5.60. The van der Waals surface area contributed by atoms with Crippen LogP contribution in [0.4, 0.5) is 13.2 Å². The average Bonchev–Trinajstić information content (AvgIpc) is 2.45. The van der Waals surface area contributed by atoms with E-state index in [1.807, 2.05) is 0 Å². The quantitative estimate of drug-likeness (QED) is 0.819. The zero-order valence-electron chi connectivity index (χ0n) is 7.80. The number of carboxylic acids is 1. The molecule has 0 aliphatic carbocycles. The second-order valence-corrected chi connectivity index (χ2v) is 3.17. The van der Waals surface area contributed by atoms with Crippen LogP contribution in [0.15, 0.2) is 6.07 Å². The zero-order chi connectivity index (χ0) is 11.6. The molecule has 0 spiro atoms. The number of hydrogen-bond acceptors (Lipinski definition) is 2. The highest BCUT2D eigenvalue weighted by Gasteiger charge is 2.43. The largest absolute Gasteiger partial charge is 0.481 e. The van der Waals surface area contributed by atoms with E-state index in [0.717, 1.165) is 0 Å². The number of H-pyrrole nitrogens is 1. The second-order valence-electron chi connectivity index (χ2n) is 3.17. The number of alkyl halides is 3. The van der Waals surface area contributed by atoms with Crippen molar-refractivity contribution < 1.29 is 23.1 Å². The van der Waals surface area contributed by atoms with E-state index in [-0.39, 0.29) is 5.69 Å². The van der Waals surface area contributed by atoms with Gasteiger partial charge in [0, 0.05) is 5.69 Å². The molecule has 7 heteroatoms. The summed E-state index contributed by atoms with van der Waals surface area (Å²) in [6.45, 7) is 1.55. The summed E-state index contributed by atoms with van der Waals surface area (Å²) in [5, 5.41) is 14.2. The van der Waals surface area contributed by atoms with Gasteiger partial charge in [0.25, 0.3) is 0 Å². The highest BCUT2D eigenvalue weighted by molar-refractivity contribution is 5.68. The van der Waals surface area contributed by atoms with Crippen molar-refractivity contribution in [3.05, 3.63) is 17.5 Å². The highest BCUT2D eigenvalue weighted by atomic mass is 19.4. The van der Waals surface area contributed by atoms with E-state index >= 15 is 0 Å². The summed E-state index contributed by atoms with van der Waals surface area (Å²) in [7, 11) is 0. The van der Waals surface area contributed by atoms with Gasteiger partial charge in [-0.1, -0.05) is 0 Å². The molecule has 0 bridgehead atoms. The van der Waals surface area contributed by atoms with Gasteiger partial charge in [-0.25, -0.2) is 0 Å². The van der Waals surface area contributed by atoms with Crippen molar-refractivity contribution in [2.45, 2.75) is 25.4 Å². The van der Waals surface area contributed by atoms with Gasteiger partial charge < -0.3 is 5.11 Å². The van der Waals surface area contributed by atoms with Gasteiger partial charge in [-0.3, -0.25) is 9.89 Å². The fourth-order valence-electron chi connectivity index (χ4n) is 1.18. The van der Waals surface area contributed by atoms with Crippen molar-refractivity contribution in [1.29, 1.82) is 0 Å². The van der Waals surface area contributed by atoms with Gasteiger partial charge in [-0.2, -0.15) is 18.3 Å². The number of carbonyl (C=O) groups is 1. The Bertz CT molecular complexity index is 359. The molecular weight excluding hydrogens is 213 g/mol. The van der Waals surface area contributed by atoms with Crippen LogP contribution in [0.1, 0.15) is 23.7 Å². The minimum absolute atomic E-state index is 0.289. The third-order valence-corrected chi connectivity index (χ3v) is 1.86. The van der Waals surface area contributed by atoms with Gasteiger partial charge in [-0.15, -0.1) is 0 Å². The van der Waals surface area contributed by atoms with Crippen LogP contribution in [-0.4, -0.2) is 27.4 Å². The van der Waals surface area contributed by atoms with Gasteiger partial charge in [0.2, 0.25) is 0 Å². The molecule has 0 amide bonds. The zero-order valence-corrected chi connectivity index (χ0v) is 7.80. The number of aromatic nitrogens is 2. The molecule has 0 aliphatic rings. The Kier molecular flexibility index (Phi) is 3.01. The molecular formula is C8H9F3N2O2. The normalized spacial score (nSPS) is 13.9. The predicted molar refractivity (Wildman–Crippen MR) is 44.4 cm³/mol. The molecule has 0 saturated carbocycles. The fourth-order valence-corrected chi connectivity index (χ4v) is 1.18. The summed E-state index contributed by atoms with van der Waals surface area (Å²) in [5.41, 5.74) is 0.173. The Balaban J connectivity index is 2.96. The van der Waals surface area contributed by atoms with Crippen molar-refractivity contribution in [1.82, 2.24) is 10.2 Å². The lowest BCUT2D eigenvalue weighted by molar-refractivity contribution is -0.164. The molecule has 0 radical (unpaired) electrons. The maximum absolute atomic E-state index is 12.5. The molecule has 84 valence electrons. The summed E-state index contributed by atoms with van der Waals surface area (Å²) in [5.74, 6) is -3.56. The molecule has 0 aromatic carbocycles. The molecule has 4 nitrogen and oxygen atoms in total. The van der Waals surface area contributed by atoms with Crippen LogP contribution in [0.25, 0.3) is 0 Å². The number of aliphatic carboxylic acids is 1. The topological polar surface area (TPSA) is 66.0 Å². The Morgan fingerprint density at radius 2 is 2.27 bits per heavy atom. The molecule has 1 aromatic rings. The fraction of sp³-hybridized carbons (Fsp3) is 0.500. The number of carboxylic acid groups (broad SMARTS) is 1. The maximum Gasteiger partial charge on any atom is 0.397 e. The van der Waals surface area contributed by atoms with E-state index in [1.165, 1.54) is 6.07 Å². The summed E-state index contributed by atoms with van der Waals surface area (Å²) >= 11 is 0. The average molecular weight is 222 g/mol. The molecule has 1 unspecified atom stereocenters. The molecule has 1 aromatic heterocycles. The molecule has 2 N–H and O–H groups in total. The third kappa shape index (κ3) is 2.97. The maximum atomic E-state index is 12.5. The second kappa shape index (κ2) is 3.92.